The van der Waals surface area contributed by atoms with Gasteiger partial charge in [-0.15, -0.1) is 0 Å². The number of benzene rings is 2. The Bertz CT molecular complexity index is 1190. The summed E-state index contributed by atoms with van der Waals surface area (Å²) in [5.41, 5.74) is 4.20. The van der Waals surface area contributed by atoms with Crippen LogP contribution in [0.4, 0.5) is 11.5 Å². The van der Waals surface area contributed by atoms with Gasteiger partial charge in [0.2, 0.25) is 0 Å². The number of aromatic nitrogens is 3. The second-order valence-corrected chi connectivity index (χ2v) is 7.48. The fraction of sp³-hybridized carbons (Fsp3) is 0.150. The highest BCUT2D eigenvalue weighted by Gasteiger charge is 2.16. The van der Waals surface area contributed by atoms with Crippen LogP contribution in [0.15, 0.2) is 42.6 Å². The van der Waals surface area contributed by atoms with Gasteiger partial charge in [0.25, 0.3) is 0 Å². The number of nitrogens with zero attached hydrogens (tertiary/aromatic N) is 3. The van der Waals surface area contributed by atoms with Crippen molar-refractivity contribution in [1.29, 1.82) is 0 Å². The largest absolute Gasteiger partial charge is 0.486 e. The summed E-state index contributed by atoms with van der Waals surface area (Å²) in [6, 6.07) is 11.7. The number of aryl methyl sites for hydroxylation is 1. The summed E-state index contributed by atoms with van der Waals surface area (Å²) >= 11 is 8.03. The minimum Gasteiger partial charge on any atom is -0.486 e. The first-order valence-electron chi connectivity index (χ1n) is 8.73. The van der Waals surface area contributed by atoms with Crippen LogP contribution in [0.5, 0.6) is 11.5 Å². The summed E-state index contributed by atoms with van der Waals surface area (Å²) in [7, 11) is 0. The van der Waals surface area contributed by atoms with Gasteiger partial charge in [-0.25, -0.2) is 9.97 Å². The summed E-state index contributed by atoms with van der Waals surface area (Å²) in [5.74, 6) is 2.13. The van der Waals surface area contributed by atoms with Crippen LogP contribution >= 0.6 is 23.1 Å². The number of hydrogen-bond acceptors (Lipinski definition) is 7. The molecule has 0 aliphatic carbocycles. The van der Waals surface area contributed by atoms with E-state index in [1.807, 2.05) is 43.3 Å². The third kappa shape index (κ3) is 3.02. The lowest BCUT2D eigenvalue weighted by molar-refractivity contribution is 0.171. The van der Waals surface area contributed by atoms with Crippen LogP contribution in [0.3, 0.4) is 0 Å². The number of halogens is 1. The van der Waals surface area contributed by atoms with Crippen LogP contribution in [0.1, 0.15) is 5.69 Å². The Morgan fingerprint density at radius 3 is 2.86 bits per heavy atom. The van der Waals surface area contributed by atoms with E-state index in [4.69, 9.17) is 21.1 Å². The SMILES string of the molecule is Cc1cnc2c(Nc3cccc(-c4ccc5c(c4)OCCO5)c3Cl)nsc2n1. The first-order chi connectivity index (χ1) is 13.7. The quantitative estimate of drug-likeness (QED) is 0.498. The highest BCUT2D eigenvalue weighted by Crippen LogP contribution is 2.40. The van der Waals surface area contributed by atoms with Gasteiger partial charge in [-0.1, -0.05) is 29.8 Å². The topological polar surface area (TPSA) is 69.2 Å². The Morgan fingerprint density at radius 1 is 1.11 bits per heavy atom. The van der Waals surface area contributed by atoms with Gasteiger partial charge >= 0.3 is 0 Å². The summed E-state index contributed by atoms with van der Waals surface area (Å²) in [4.78, 5) is 9.70. The second-order valence-electron chi connectivity index (χ2n) is 6.35. The molecular formula is C20H15ClN4O2S. The molecule has 0 bridgehead atoms. The number of hydrogen-bond donors (Lipinski definition) is 1. The number of anilines is 2. The lowest BCUT2D eigenvalue weighted by Gasteiger charge is -2.19. The summed E-state index contributed by atoms with van der Waals surface area (Å²) in [6.07, 6.45) is 1.73. The fourth-order valence-corrected chi connectivity index (χ4v) is 4.10. The van der Waals surface area contributed by atoms with Gasteiger partial charge in [0.15, 0.2) is 22.1 Å². The van der Waals surface area contributed by atoms with E-state index in [0.29, 0.717) is 24.1 Å². The lowest BCUT2D eigenvalue weighted by Crippen LogP contribution is -2.15. The predicted octanol–water partition coefficient (Wildman–Crippen LogP) is 5.23. The van der Waals surface area contributed by atoms with Gasteiger partial charge in [-0.3, -0.25) is 0 Å². The van der Waals surface area contributed by atoms with E-state index >= 15 is 0 Å². The molecule has 2 aromatic carbocycles. The number of nitrogens with one attached hydrogen (secondary N) is 1. The summed E-state index contributed by atoms with van der Waals surface area (Å²) < 4.78 is 15.7. The molecule has 1 N–H and O–H groups in total. The Kier molecular flexibility index (Phi) is 4.26. The van der Waals surface area contributed by atoms with Gasteiger partial charge in [0.05, 0.1) is 16.4 Å². The summed E-state index contributed by atoms with van der Waals surface area (Å²) in [6.45, 7) is 3.02. The first-order valence-corrected chi connectivity index (χ1v) is 9.89. The normalized spacial score (nSPS) is 12.9. The molecule has 0 atom stereocenters. The Morgan fingerprint density at radius 2 is 1.96 bits per heavy atom. The fourth-order valence-electron chi connectivity index (χ4n) is 3.09. The predicted molar refractivity (Wildman–Crippen MR) is 111 cm³/mol. The molecule has 0 radical (unpaired) electrons. The average molecular weight is 411 g/mol. The smallest absolute Gasteiger partial charge is 0.172 e. The monoisotopic (exact) mass is 410 g/mol. The van der Waals surface area contributed by atoms with Crippen molar-refractivity contribution in [2.24, 2.45) is 0 Å². The molecule has 140 valence electrons. The average Bonchev–Trinajstić information content (AvgIpc) is 3.11. The van der Waals surface area contributed by atoms with Crippen molar-refractivity contribution in [2.45, 2.75) is 6.92 Å². The van der Waals surface area contributed by atoms with Crippen molar-refractivity contribution in [3.63, 3.8) is 0 Å². The molecule has 0 amide bonds. The van der Waals surface area contributed by atoms with Crippen LogP contribution < -0.4 is 14.8 Å². The maximum absolute atomic E-state index is 6.72. The minimum absolute atomic E-state index is 0.545. The maximum atomic E-state index is 6.72. The zero-order valence-corrected chi connectivity index (χ0v) is 16.5. The third-order valence-corrected chi connectivity index (χ3v) is 5.55. The molecule has 0 saturated carbocycles. The molecule has 28 heavy (non-hydrogen) atoms. The third-order valence-electron chi connectivity index (χ3n) is 4.41. The van der Waals surface area contributed by atoms with E-state index in [1.54, 1.807) is 6.20 Å². The van der Waals surface area contributed by atoms with Crippen molar-refractivity contribution in [3.8, 4) is 22.6 Å². The van der Waals surface area contributed by atoms with E-state index in [0.717, 1.165) is 44.4 Å². The number of ether oxygens (including phenoxy) is 2. The van der Waals surface area contributed by atoms with Crippen molar-refractivity contribution in [3.05, 3.63) is 53.3 Å². The van der Waals surface area contributed by atoms with Gasteiger partial charge in [0, 0.05) is 11.8 Å². The molecule has 5 rings (SSSR count). The van der Waals surface area contributed by atoms with E-state index in [1.165, 1.54) is 11.5 Å². The van der Waals surface area contributed by atoms with Gasteiger partial charge in [-0.05, 0) is 42.2 Å². The van der Waals surface area contributed by atoms with E-state index in [9.17, 15) is 0 Å². The Balaban J connectivity index is 1.52. The first kappa shape index (κ1) is 17.2. The Hall–Kier alpha value is -2.90. The van der Waals surface area contributed by atoms with Crippen molar-refractivity contribution in [1.82, 2.24) is 14.3 Å². The molecule has 0 fully saturated rings. The molecule has 0 spiro atoms. The lowest BCUT2D eigenvalue weighted by atomic mass is 10.0. The van der Waals surface area contributed by atoms with E-state index in [2.05, 4.69) is 19.7 Å². The maximum Gasteiger partial charge on any atom is 0.172 e. The molecule has 0 saturated heterocycles. The zero-order chi connectivity index (χ0) is 19.1. The molecule has 6 nitrogen and oxygen atoms in total. The molecule has 1 aliphatic heterocycles. The molecule has 3 heterocycles. The molecule has 1 aliphatic rings. The molecule has 4 aromatic rings. The standard InChI is InChI=1S/C20H15ClN4O2S/c1-11-10-22-18-19(25-28-20(18)23-11)24-14-4-2-3-13(17(14)21)12-5-6-15-16(9-12)27-8-7-26-15/h2-6,9-10H,7-8H2,1H3,(H,24,25). The second kappa shape index (κ2) is 6.92. The van der Waals surface area contributed by atoms with E-state index < -0.39 is 0 Å². The van der Waals surface area contributed by atoms with Crippen LogP contribution in [0, 0.1) is 6.92 Å². The van der Waals surface area contributed by atoms with Crippen LogP contribution in [0.25, 0.3) is 21.5 Å². The van der Waals surface area contributed by atoms with Crippen LogP contribution in [0.2, 0.25) is 5.02 Å². The minimum atomic E-state index is 0.545. The highest BCUT2D eigenvalue weighted by atomic mass is 35.5. The molecular weight excluding hydrogens is 396 g/mol. The molecule has 8 heteroatoms. The molecule has 2 aromatic heterocycles. The van der Waals surface area contributed by atoms with E-state index in [-0.39, 0.29) is 0 Å². The van der Waals surface area contributed by atoms with Crippen molar-refractivity contribution < 1.29 is 9.47 Å². The van der Waals surface area contributed by atoms with Crippen LogP contribution in [-0.2, 0) is 0 Å². The summed E-state index contributed by atoms with van der Waals surface area (Å²) in [5, 5.41) is 3.89. The molecule has 0 unspecified atom stereocenters. The van der Waals surface area contributed by atoms with Gasteiger partial charge in [-0.2, -0.15) is 4.37 Å². The van der Waals surface area contributed by atoms with Gasteiger partial charge in [0.1, 0.15) is 18.7 Å². The zero-order valence-electron chi connectivity index (χ0n) is 14.9. The van der Waals surface area contributed by atoms with Gasteiger partial charge < -0.3 is 14.8 Å². The number of rotatable bonds is 3. The van der Waals surface area contributed by atoms with Crippen molar-refractivity contribution >= 4 is 45.0 Å². The Labute approximate surface area is 170 Å². The van der Waals surface area contributed by atoms with Crippen molar-refractivity contribution in [2.75, 3.05) is 18.5 Å². The van der Waals surface area contributed by atoms with Crippen LogP contribution in [-0.4, -0.2) is 27.6 Å². The highest BCUT2D eigenvalue weighted by molar-refractivity contribution is 7.13. The number of fused-ring (bicyclic) bond motifs is 2.